The van der Waals surface area contributed by atoms with Crippen LogP contribution in [0, 0.1) is 24.0 Å². The maximum absolute atomic E-state index is 12.5. The monoisotopic (exact) mass is 421 g/mol. The molecule has 2 heterocycles. The van der Waals surface area contributed by atoms with Crippen LogP contribution in [0.1, 0.15) is 24.2 Å². The molecule has 1 aromatic carbocycles. The van der Waals surface area contributed by atoms with Crippen molar-refractivity contribution >= 4 is 21.5 Å². The van der Waals surface area contributed by atoms with E-state index in [4.69, 9.17) is 4.74 Å². The molecule has 0 bridgehead atoms. The number of aromatic nitrogens is 2. The van der Waals surface area contributed by atoms with E-state index in [0.29, 0.717) is 17.3 Å². The number of hydrogen-bond donors (Lipinski definition) is 1. The molecule has 3 rings (SSSR count). The standard InChI is InChI=1S/C18H23N5O5S/c1-13-5-6-15(23(24)25)11-16(13)29(26,27)19-7-10-28-18-12-17(20-14(2)21-18)22-8-3-4-9-22/h5-6,11-12,19H,3-4,7-10H2,1-2H3. The van der Waals surface area contributed by atoms with Crippen LogP contribution >= 0.6 is 0 Å². The van der Waals surface area contributed by atoms with Gasteiger partial charge in [0.1, 0.15) is 18.2 Å². The van der Waals surface area contributed by atoms with Crippen molar-refractivity contribution in [3.8, 4) is 5.88 Å². The highest BCUT2D eigenvalue weighted by Crippen LogP contribution is 2.22. The first kappa shape index (κ1) is 20.9. The number of nitro benzene ring substituents is 1. The second-order valence-corrected chi connectivity index (χ2v) is 8.49. The Morgan fingerprint density at radius 3 is 2.62 bits per heavy atom. The van der Waals surface area contributed by atoms with Gasteiger partial charge in [-0.3, -0.25) is 10.1 Å². The molecule has 0 aliphatic carbocycles. The van der Waals surface area contributed by atoms with Crippen LogP contribution < -0.4 is 14.4 Å². The minimum atomic E-state index is -3.91. The van der Waals surface area contributed by atoms with E-state index in [1.807, 2.05) is 0 Å². The quantitative estimate of drug-likeness (QED) is 0.389. The van der Waals surface area contributed by atoms with Crippen LogP contribution in [0.15, 0.2) is 29.2 Å². The van der Waals surface area contributed by atoms with Crippen LogP contribution in [0.25, 0.3) is 0 Å². The zero-order valence-corrected chi connectivity index (χ0v) is 17.1. The topological polar surface area (TPSA) is 128 Å². The molecular weight excluding hydrogens is 398 g/mol. The Bertz CT molecular complexity index is 1010. The molecule has 0 radical (unpaired) electrons. The van der Waals surface area contributed by atoms with Crippen molar-refractivity contribution in [3.63, 3.8) is 0 Å². The first-order valence-corrected chi connectivity index (χ1v) is 10.7. The number of hydrogen-bond acceptors (Lipinski definition) is 8. The SMILES string of the molecule is Cc1nc(OCCNS(=O)(=O)c2cc([N+](=O)[O-])ccc2C)cc(N2CCCC2)n1. The number of benzene rings is 1. The van der Waals surface area contributed by atoms with Gasteiger partial charge in [-0.25, -0.2) is 18.1 Å². The number of nitrogens with one attached hydrogen (secondary N) is 1. The summed E-state index contributed by atoms with van der Waals surface area (Å²) in [5.74, 6) is 1.76. The van der Waals surface area contributed by atoms with Crippen molar-refractivity contribution in [3.05, 3.63) is 45.8 Å². The third kappa shape index (κ3) is 5.18. The van der Waals surface area contributed by atoms with E-state index in [1.165, 1.54) is 12.1 Å². The molecule has 0 spiro atoms. The molecule has 0 saturated carbocycles. The molecule has 1 aromatic heterocycles. The fourth-order valence-electron chi connectivity index (χ4n) is 3.11. The van der Waals surface area contributed by atoms with E-state index < -0.39 is 14.9 Å². The smallest absolute Gasteiger partial charge is 0.270 e. The molecule has 1 fully saturated rings. The van der Waals surface area contributed by atoms with Gasteiger partial charge in [-0.1, -0.05) is 6.07 Å². The number of aryl methyl sites for hydroxylation is 2. The van der Waals surface area contributed by atoms with Gasteiger partial charge in [0, 0.05) is 37.8 Å². The van der Waals surface area contributed by atoms with Crippen LogP contribution in [-0.2, 0) is 10.0 Å². The maximum Gasteiger partial charge on any atom is 0.270 e. The van der Waals surface area contributed by atoms with Gasteiger partial charge in [0.15, 0.2) is 0 Å². The lowest BCUT2D eigenvalue weighted by atomic mass is 10.2. The van der Waals surface area contributed by atoms with Gasteiger partial charge in [0.2, 0.25) is 15.9 Å². The van der Waals surface area contributed by atoms with E-state index in [0.717, 1.165) is 37.8 Å². The summed E-state index contributed by atoms with van der Waals surface area (Å²) in [6.07, 6.45) is 2.25. The van der Waals surface area contributed by atoms with Gasteiger partial charge in [0.25, 0.3) is 5.69 Å². The number of ether oxygens (including phenoxy) is 1. The normalized spacial score (nSPS) is 14.2. The Kier molecular flexibility index (Phi) is 6.28. The number of non-ortho nitro benzene ring substituents is 1. The fraction of sp³-hybridized carbons (Fsp3) is 0.444. The Morgan fingerprint density at radius 2 is 1.93 bits per heavy atom. The Labute approximate surface area is 169 Å². The molecule has 11 heteroatoms. The summed E-state index contributed by atoms with van der Waals surface area (Å²) >= 11 is 0. The highest BCUT2D eigenvalue weighted by Gasteiger charge is 2.20. The van der Waals surface area contributed by atoms with Crippen molar-refractivity contribution in [2.45, 2.75) is 31.6 Å². The molecule has 1 N–H and O–H groups in total. The van der Waals surface area contributed by atoms with Gasteiger partial charge >= 0.3 is 0 Å². The number of sulfonamides is 1. The summed E-state index contributed by atoms with van der Waals surface area (Å²) in [7, 11) is -3.91. The lowest BCUT2D eigenvalue weighted by Gasteiger charge is -2.17. The van der Waals surface area contributed by atoms with E-state index in [-0.39, 0.29) is 23.7 Å². The summed E-state index contributed by atoms with van der Waals surface area (Å²) < 4.78 is 33.0. The number of anilines is 1. The Morgan fingerprint density at radius 1 is 1.21 bits per heavy atom. The maximum atomic E-state index is 12.5. The van der Waals surface area contributed by atoms with Crippen LogP contribution in [0.2, 0.25) is 0 Å². The largest absolute Gasteiger partial charge is 0.476 e. The Balaban J connectivity index is 1.62. The highest BCUT2D eigenvalue weighted by atomic mass is 32.2. The summed E-state index contributed by atoms with van der Waals surface area (Å²) in [5, 5.41) is 10.9. The van der Waals surface area contributed by atoms with Crippen LogP contribution in [0.3, 0.4) is 0 Å². The zero-order valence-electron chi connectivity index (χ0n) is 16.3. The van der Waals surface area contributed by atoms with Gasteiger partial charge in [-0.15, -0.1) is 0 Å². The predicted molar refractivity (Wildman–Crippen MR) is 107 cm³/mol. The lowest BCUT2D eigenvalue weighted by molar-refractivity contribution is -0.385. The number of rotatable bonds is 8. The summed E-state index contributed by atoms with van der Waals surface area (Å²) in [5.41, 5.74) is 0.142. The minimum Gasteiger partial charge on any atom is -0.476 e. The molecule has 0 amide bonds. The van der Waals surface area contributed by atoms with Crippen molar-refractivity contribution in [1.29, 1.82) is 0 Å². The second kappa shape index (κ2) is 8.70. The van der Waals surface area contributed by atoms with E-state index >= 15 is 0 Å². The fourth-order valence-corrected chi connectivity index (χ4v) is 4.38. The van der Waals surface area contributed by atoms with Crippen LogP contribution in [0.5, 0.6) is 5.88 Å². The molecule has 2 aromatic rings. The van der Waals surface area contributed by atoms with E-state index in [1.54, 1.807) is 19.9 Å². The van der Waals surface area contributed by atoms with Crippen molar-refractivity contribution in [1.82, 2.24) is 14.7 Å². The van der Waals surface area contributed by atoms with Crippen molar-refractivity contribution in [2.75, 3.05) is 31.1 Å². The average molecular weight is 421 g/mol. The Hall–Kier alpha value is -2.79. The lowest BCUT2D eigenvalue weighted by Crippen LogP contribution is -2.29. The molecule has 10 nitrogen and oxygen atoms in total. The zero-order chi connectivity index (χ0) is 21.0. The van der Waals surface area contributed by atoms with Crippen LogP contribution in [0.4, 0.5) is 11.5 Å². The molecular formula is C18H23N5O5S. The summed E-state index contributed by atoms with van der Waals surface area (Å²) in [4.78, 5) is 21.0. The molecule has 0 unspecified atom stereocenters. The van der Waals surface area contributed by atoms with Gasteiger partial charge in [-0.2, -0.15) is 4.98 Å². The molecule has 1 aliphatic rings. The minimum absolute atomic E-state index is 0.00738. The first-order valence-electron chi connectivity index (χ1n) is 9.24. The molecule has 1 saturated heterocycles. The molecule has 0 atom stereocenters. The summed E-state index contributed by atoms with van der Waals surface area (Å²) in [6.45, 7) is 5.30. The van der Waals surface area contributed by atoms with E-state index in [2.05, 4.69) is 19.6 Å². The average Bonchev–Trinajstić information content (AvgIpc) is 3.20. The number of nitro groups is 1. The second-order valence-electron chi connectivity index (χ2n) is 6.76. The van der Waals surface area contributed by atoms with Gasteiger partial charge in [-0.05, 0) is 32.3 Å². The van der Waals surface area contributed by atoms with E-state index in [9.17, 15) is 18.5 Å². The van der Waals surface area contributed by atoms with Gasteiger partial charge in [0.05, 0.1) is 9.82 Å². The number of nitrogens with zero attached hydrogens (tertiary/aromatic N) is 4. The molecule has 29 heavy (non-hydrogen) atoms. The van der Waals surface area contributed by atoms with Crippen molar-refractivity contribution in [2.24, 2.45) is 0 Å². The van der Waals surface area contributed by atoms with Crippen LogP contribution in [-0.4, -0.2) is 49.6 Å². The molecule has 1 aliphatic heterocycles. The predicted octanol–water partition coefficient (Wildman–Crippen LogP) is 1.96. The van der Waals surface area contributed by atoms with Crippen molar-refractivity contribution < 1.29 is 18.1 Å². The molecule has 156 valence electrons. The van der Waals surface area contributed by atoms with Gasteiger partial charge < -0.3 is 9.64 Å². The first-order chi connectivity index (χ1) is 13.8. The third-order valence-corrected chi connectivity index (χ3v) is 6.15. The highest BCUT2D eigenvalue weighted by molar-refractivity contribution is 7.89. The third-order valence-electron chi connectivity index (χ3n) is 4.55. The summed E-state index contributed by atoms with van der Waals surface area (Å²) in [6, 6.07) is 5.48.